The molecule has 0 amide bonds. The van der Waals surface area contributed by atoms with Gasteiger partial charge in [-0.15, -0.1) is 11.3 Å². The van der Waals surface area contributed by atoms with E-state index < -0.39 is 0 Å². The summed E-state index contributed by atoms with van der Waals surface area (Å²) in [7, 11) is 0. The monoisotopic (exact) mass is 330 g/mol. The summed E-state index contributed by atoms with van der Waals surface area (Å²) in [6.07, 6.45) is 18.4. The van der Waals surface area contributed by atoms with E-state index >= 15 is 0 Å². The molecule has 1 aromatic carbocycles. The summed E-state index contributed by atoms with van der Waals surface area (Å²) in [5, 5.41) is 1.35. The average molecular weight is 330 g/mol. The van der Waals surface area contributed by atoms with Crippen LogP contribution in [0.15, 0.2) is 54.6 Å². The Hall–Kier alpha value is -2.12. The summed E-state index contributed by atoms with van der Waals surface area (Å²) < 4.78 is 1.37. The maximum absolute atomic E-state index is 2.42. The highest BCUT2D eigenvalue weighted by Crippen LogP contribution is 2.30. The van der Waals surface area contributed by atoms with Crippen LogP contribution < -0.4 is 9.75 Å². The lowest BCUT2D eigenvalue weighted by Gasteiger charge is -2.21. The average Bonchev–Trinajstić information content (AvgIpc) is 2.68. The summed E-state index contributed by atoms with van der Waals surface area (Å²) in [5.41, 5.74) is 2.74. The fourth-order valence-corrected chi connectivity index (χ4v) is 4.61. The van der Waals surface area contributed by atoms with Crippen molar-refractivity contribution in [3.63, 3.8) is 0 Å². The van der Waals surface area contributed by atoms with Crippen LogP contribution in [0.1, 0.15) is 36.8 Å². The number of benzene rings is 1. The first-order chi connectivity index (χ1) is 11.5. The maximum Gasteiger partial charge on any atom is 0.0352 e. The van der Waals surface area contributed by atoms with Crippen LogP contribution in [0.2, 0.25) is 0 Å². The van der Waals surface area contributed by atoms with Crippen LogP contribution in [0, 0.1) is 5.41 Å². The zero-order valence-electron chi connectivity index (χ0n) is 14.4. The van der Waals surface area contributed by atoms with E-state index in [-0.39, 0.29) is 10.8 Å². The SMILES string of the molecule is CC1(C)C=Cc2sc3c(c2C=C1)=CC=CC(C)(c1ccccc1)C=3. The van der Waals surface area contributed by atoms with E-state index in [1.54, 1.807) is 0 Å². The maximum atomic E-state index is 2.42. The van der Waals surface area contributed by atoms with Crippen molar-refractivity contribution < 1.29 is 0 Å². The highest BCUT2D eigenvalue weighted by Gasteiger charge is 2.22. The molecule has 120 valence electrons. The van der Waals surface area contributed by atoms with Crippen molar-refractivity contribution in [3.8, 4) is 0 Å². The Labute approximate surface area is 147 Å². The lowest BCUT2D eigenvalue weighted by atomic mass is 9.82. The predicted molar refractivity (Wildman–Crippen MR) is 107 cm³/mol. The molecule has 2 aliphatic carbocycles. The molecule has 1 heteroatoms. The van der Waals surface area contributed by atoms with Gasteiger partial charge in [-0.1, -0.05) is 86.7 Å². The Morgan fingerprint density at radius 1 is 0.875 bits per heavy atom. The molecule has 0 fully saturated rings. The highest BCUT2D eigenvalue weighted by molar-refractivity contribution is 7.11. The Morgan fingerprint density at radius 2 is 1.62 bits per heavy atom. The normalized spacial score (nSPS) is 23.5. The molecule has 1 unspecified atom stereocenters. The third-order valence-corrected chi connectivity index (χ3v) is 6.05. The molecule has 1 heterocycles. The summed E-state index contributed by atoms with van der Waals surface area (Å²) in [5.74, 6) is 0. The van der Waals surface area contributed by atoms with E-state index in [1.807, 2.05) is 11.3 Å². The van der Waals surface area contributed by atoms with Crippen molar-refractivity contribution in [3.05, 3.63) is 80.4 Å². The van der Waals surface area contributed by atoms with Gasteiger partial charge in [0, 0.05) is 25.5 Å². The van der Waals surface area contributed by atoms with E-state index in [0.717, 1.165) is 0 Å². The second kappa shape index (κ2) is 5.46. The lowest BCUT2D eigenvalue weighted by molar-refractivity contribution is 0.633. The Balaban J connectivity index is 1.93. The number of thiophene rings is 1. The van der Waals surface area contributed by atoms with Crippen molar-refractivity contribution in [2.24, 2.45) is 5.41 Å². The summed E-state index contributed by atoms with van der Waals surface area (Å²) >= 11 is 1.90. The number of hydrogen-bond donors (Lipinski definition) is 0. The largest absolute Gasteiger partial charge is 0.135 e. The number of hydrogen-bond acceptors (Lipinski definition) is 1. The van der Waals surface area contributed by atoms with Crippen molar-refractivity contribution in [1.29, 1.82) is 0 Å². The van der Waals surface area contributed by atoms with E-state index in [0.29, 0.717) is 0 Å². The Bertz CT molecular complexity index is 981. The quantitative estimate of drug-likeness (QED) is 0.697. The van der Waals surface area contributed by atoms with Gasteiger partial charge in [0.25, 0.3) is 0 Å². The molecule has 0 saturated carbocycles. The van der Waals surface area contributed by atoms with Gasteiger partial charge in [-0.2, -0.15) is 0 Å². The van der Waals surface area contributed by atoms with Crippen LogP contribution in [0.5, 0.6) is 0 Å². The Morgan fingerprint density at radius 3 is 2.42 bits per heavy atom. The van der Waals surface area contributed by atoms with Crippen LogP contribution in [0.4, 0.5) is 0 Å². The molecule has 0 radical (unpaired) electrons. The van der Waals surface area contributed by atoms with E-state index in [1.165, 1.54) is 25.8 Å². The topological polar surface area (TPSA) is 0 Å². The van der Waals surface area contributed by atoms with Gasteiger partial charge in [-0.3, -0.25) is 0 Å². The summed E-state index contributed by atoms with van der Waals surface area (Å²) in [6.45, 7) is 6.79. The first kappa shape index (κ1) is 15.4. The second-order valence-corrected chi connectivity index (χ2v) is 8.55. The van der Waals surface area contributed by atoms with Gasteiger partial charge in [0.1, 0.15) is 0 Å². The number of fused-ring (bicyclic) bond motifs is 3. The zero-order chi connectivity index (χ0) is 16.8. The second-order valence-electron chi connectivity index (χ2n) is 7.46. The Kier molecular flexibility index (Phi) is 3.51. The van der Waals surface area contributed by atoms with Gasteiger partial charge < -0.3 is 0 Å². The van der Waals surface area contributed by atoms with Crippen molar-refractivity contribution >= 4 is 35.6 Å². The molecule has 0 nitrogen and oxygen atoms in total. The molecular formula is C23H22S. The van der Waals surface area contributed by atoms with Crippen molar-refractivity contribution in [2.75, 3.05) is 0 Å². The van der Waals surface area contributed by atoms with E-state index in [9.17, 15) is 0 Å². The molecule has 0 bridgehead atoms. The first-order valence-corrected chi connectivity index (χ1v) is 9.28. The van der Waals surface area contributed by atoms with Crippen LogP contribution in [-0.2, 0) is 5.41 Å². The fraction of sp³-hybridized carbons (Fsp3) is 0.217. The highest BCUT2D eigenvalue weighted by atomic mass is 32.1. The lowest BCUT2D eigenvalue weighted by Crippen LogP contribution is -2.25. The van der Waals surface area contributed by atoms with Gasteiger partial charge in [-0.25, -0.2) is 0 Å². The van der Waals surface area contributed by atoms with Gasteiger partial charge >= 0.3 is 0 Å². The van der Waals surface area contributed by atoms with Gasteiger partial charge in [-0.05, 0) is 24.1 Å². The van der Waals surface area contributed by atoms with Crippen molar-refractivity contribution in [2.45, 2.75) is 26.2 Å². The predicted octanol–water partition coefficient (Wildman–Crippen LogP) is 4.90. The smallest absolute Gasteiger partial charge is 0.0352 e. The van der Waals surface area contributed by atoms with Crippen LogP contribution >= 0.6 is 11.3 Å². The molecular weight excluding hydrogens is 308 g/mol. The standard InChI is InChI=1S/C23H22S/c1-22(2)14-11-19-18-10-7-13-23(3,17-8-5-4-6-9-17)16-21(18)24-20(19)12-15-22/h4-16H,1-3H3. The summed E-state index contributed by atoms with van der Waals surface area (Å²) in [6, 6.07) is 10.7. The molecule has 1 atom stereocenters. The van der Waals surface area contributed by atoms with Gasteiger partial charge in [0.2, 0.25) is 0 Å². The zero-order valence-corrected chi connectivity index (χ0v) is 15.2. The molecule has 2 aromatic rings. The molecule has 0 aliphatic heterocycles. The van der Waals surface area contributed by atoms with Gasteiger partial charge in [0.05, 0.1) is 0 Å². The van der Waals surface area contributed by atoms with E-state index in [4.69, 9.17) is 0 Å². The van der Waals surface area contributed by atoms with Crippen LogP contribution in [0.3, 0.4) is 0 Å². The van der Waals surface area contributed by atoms with Gasteiger partial charge in [0.15, 0.2) is 0 Å². The number of rotatable bonds is 1. The van der Waals surface area contributed by atoms with Crippen LogP contribution in [0.25, 0.3) is 24.3 Å². The van der Waals surface area contributed by atoms with Crippen LogP contribution in [-0.4, -0.2) is 0 Å². The summed E-state index contributed by atoms with van der Waals surface area (Å²) in [4.78, 5) is 1.36. The minimum Gasteiger partial charge on any atom is -0.135 e. The third kappa shape index (κ3) is 2.63. The van der Waals surface area contributed by atoms with Crippen molar-refractivity contribution in [1.82, 2.24) is 0 Å². The molecule has 0 N–H and O–H groups in total. The molecule has 1 aromatic heterocycles. The van der Waals surface area contributed by atoms with E-state index in [2.05, 4.69) is 99.7 Å². The molecule has 0 saturated heterocycles. The minimum absolute atomic E-state index is 0.0702. The fourth-order valence-electron chi connectivity index (χ4n) is 3.35. The first-order valence-electron chi connectivity index (χ1n) is 8.46. The minimum atomic E-state index is -0.0702. The number of allylic oxidation sites excluding steroid dienone is 4. The third-order valence-electron chi connectivity index (χ3n) is 4.92. The molecule has 0 spiro atoms. The molecule has 24 heavy (non-hydrogen) atoms. The molecule has 4 rings (SSSR count). The molecule has 2 aliphatic rings.